The lowest BCUT2D eigenvalue weighted by Crippen LogP contribution is -2.29. The highest BCUT2D eigenvalue weighted by Crippen LogP contribution is 2.33. The number of fused-ring (bicyclic) bond motifs is 1. The van der Waals surface area contributed by atoms with Crippen LogP contribution in [0.5, 0.6) is 0 Å². The minimum atomic E-state index is -0.380. The Morgan fingerprint density at radius 2 is 1.90 bits per heavy atom. The van der Waals surface area contributed by atoms with Crippen molar-refractivity contribution in [2.24, 2.45) is 0 Å². The highest BCUT2D eigenvalue weighted by Gasteiger charge is 2.30. The smallest absolute Gasteiger partial charge is 0.338 e. The summed E-state index contributed by atoms with van der Waals surface area (Å²) < 4.78 is 4.82. The molecule has 1 amide bonds. The molecule has 2 aromatic rings. The molecule has 0 aliphatic carbocycles. The van der Waals surface area contributed by atoms with E-state index in [2.05, 4.69) is 5.32 Å². The fraction of sp³-hybridized carbons (Fsp3) is 0.176. The number of esters is 1. The van der Waals surface area contributed by atoms with Crippen LogP contribution in [0.15, 0.2) is 48.5 Å². The molecule has 1 N–H and O–H groups in total. The molecule has 0 saturated carbocycles. The maximum absolute atomic E-state index is 12.3. The Morgan fingerprint density at radius 3 is 2.62 bits per heavy atom. The number of benzene rings is 2. The van der Waals surface area contributed by atoms with E-state index in [0.29, 0.717) is 17.7 Å². The largest absolute Gasteiger partial charge is 0.465 e. The van der Waals surface area contributed by atoms with Gasteiger partial charge >= 0.3 is 5.97 Å². The fourth-order valence-corrected chi connectivity index (χ4v) is 2.70. The summed E-state index contributed by atoms with van der Waals surface area (Å²) in [5, 5.41) is 2.88. The number of amides is 1. The Balaban J connectivity index is 2.03. The first-order valence-corrected chi connectivity index (χ1v) is 6.76. The van der Waals surface area contributed by atoms with Gasteiger partial charge < -0.3 is 10.1 Å². The maximum Gasteiger partial charge on any atom is 0.338 e. The number of rotatable bonds is 2. The van der Waals surface area contributed by atoms with Crippen molar-refractivity contribution in [1.29, 1.82) is 0 Å². The lowest BCUT2D eigenvalue weighted by atomic mass is 9.85. The van der Waals surface area contributed by atoms with Crippen LogP contribution in [0, 0.1) is 0 Å². The van der Waals surface area contributed by atoms with Crippen molar-refractivity contribution in [3.63, 3.8) is 0 Å². The van der Waals surface area contributed by atoms with Gasteiger partial charge in [0.05, 0.1) is 18.6 Å². The molecule has 0 aromatic heterocycles. The third-order valence-electron chi connectivity index (χ3n) is 3.77. The molecule has 1 aliphatic heterocycles. The molecule has 0 bridgehead atoms. The molecule has 1 heterocycles. The lowest BCUT2D eigenvalue weighted by Gasteiger charge is -2.26. The van der Waals surface area contributed by atoms with Gasteiger partial charge in [-0.2, -0.15) is 0 Å². The van der Waals surface area contributed by atoms with Gasteiger partial charge in [-0.3, -0.25) is 4.79 Å². The van der Waals surface area contributed by atoms with Crippen LogP contribution in [0.3, 0.4) is 0 Å². The van der Waals surface area contributed by atoms with E-state index in [-0.39, 0.29) is 17.8 Å². The molecule has 1 unspecified atom stereocenters. The summed E-state index contributed by atoms with van der Waals surface area (Å²) in [6.45, 7) is 0. The van der Waals surface area contributed by atoms with E-state index in [0.717, 1.165) is 11.1 Å². The molecule has 21 heavy (non-hydrogen) atoms. The van der Waals surface area contributed by atoms with Crippen LogP contribution in [-0.2, 0) is 16.0 Å². The summed E-state index contributed by atoms with van der Waals surface area (Å²) in [6, 6.07) is 14.9. The zero-order valence-corrected chi connectivity index (χ0v) is 11.6. The normalized spacial score (nSPS) is 16.8. The molecule has 0 spiro atoms. The number of carbonyl (C=O) groups excluding carboxylic acids is 2. The van der Waals surface area contributed by atoms with Crippen molar-refractivity contribution in [2.45, 2.75) is 12.3 Å². The minimum absolute atomic E-state index is 0.0456. The second kappa shape index (κ2) is 5.40. The van der Waals surface area contributed by atoms with Crippen molar-refractivity contribution in [3.8, 4) is 0 Å². The zero-order valence-electron chi connectivity index (χ0n) is 11.6. The van der Waals surface area contributed by atoms with E-state index in [1.807, 2.05) is 30.3 Å². The second-order valence-corrected chi connectivity index (χ2v) is 4.98. The number of methoxy groups -OCH3 is 1. The number of nitrogens with one attached hydrogen (secondary N) is 1. The van der Waals surface area contributed by atoms with E-state index in [4.69, 9.17) is 4.74 Å². The highest BCUT2D eigenvalue weighted by molar-refractivity contribution is 6.02. The molecule has 4 heteroatoms. The van der Waals surface area contributed by atoms with E-state index in [9.17, 15) is 9.59 Å². The van der Waals surface area contributed by atoms with Crippen LogP contribution in [0.2, 0.25) is 0 Å². The van der Waals surface area contributed by atoms with E-state index in [1.54, 1.807) is 18.2 Å². The van der Waals surface area contributed by atoms with Crippen LogP contribution in [-0.4, -0.2) is 19.0 Å². The number of hydrogen-bond donors (Lipinski definition) is 1. The van der Waals surface area contributed by atoms with Crippen molar-refractivity contribution >= 4 is 17.6 Å². The summed E-state index contributed by atoms with van der Waals surface area (Å²) in [6.07, 6.45) is 0.496. The fourth-order valence-electron chi connectivity index (χ4n) is 2.70. The van der Waals surface area contributed by atoms with Gasteiger partial charge in [0.2, 0.25) is 5.91 Å². The van der Waals surface area contributed by atoms with Gasteiger partial charge in [-0.05, 0) is 29.7 Å². The number of hydrogen-bond acceptors (Lipinski definition) is 3. The molecule has 106 valence electrons. The molecule has 1 atom stereocenters. The van der Waals surface area contributed by atoms with Gasteiger partial charge in [0.15, 0.2) is 0 Å². The average molecular weight is 281 g/mol. The first kappa shape index (κ1) is 13.4. The van der Waals surface area contributed by atoms with Gasteiger partial charge in [0, 0.05) is 5.69 Å². The predicted molar refractivity (Wildman–Crippen MR) is 79.3 cm³/mol. The highest BCUT2D eigenvalue weighted by atomic mass is 16.5. The summed E-state index contributed by atoms with van der Waals surface area (Å²) in [4.78, 5) is 24.2. The van der Waals surface area contributed by atoms with Crippen LogP contribution >= 0.6 is 0 Å². The van der Waals surface area contributed by atoms with Gasteiger partial charge in [-0.1, -0.05) is 36.4 Å². The van der Waals surface area contributed by atoms with E-state index in [1.165, 1.54) is 7.11 Å². The zero-order chi connectivity index (χ0) is 14.8. The van der Waals surface area contributed by atoms with Gasteiger partial charge in [-0.15, -0.1) is 0 Å². The summed E-state index contributed by atoms with van der Waals surface area (Å²) >= 11 is 0. The first-order chi connectivity index (χ1) is 10.2. The van der Waals surface area contributed by atoms with Gasteiger partial charge in [-0.25, -0.2) is 4.79 Å². The Bertz CT molecular complexity index is 694. The molecule has 0 saturated heterocycles. The molecule has 1 aliphatic rings. The quantitative estimate of drug-likeness (QED) is 0.861. The van der Waals surface area contributed by atoms with Crippen molar-refractivity contribution in [1.82, 2.24) is 0 Å². The topological polar surface area (TPSA) is 55.4 Å². The van der Waals surface area contributed by atoms with E-state index >= 15 is 0 Å². The molecule has 0 radical (unpaired) electrons. The average Bonchev–Trinajstić information content (AvgIpc) is 2.53. The van der Waals surface area contributed by atoms with Crippen LogP contribution in [0.4, 0.5) is 5.69 Å². The second-order valence-electron chi connectivity index (χ2n) is 4.98. The molecule has 4 nitrogen and oxygen atoms in total. The van der Waals surface area contributed by atoms with Crippen LogP contribution < -0.4 is 5.32 Å². The van der Waals surface area contributed by atoms with Crippen LogP contribution in [0.1, 0.15) is 27.4 Å². The summed E-state index contributed by atoms with van der Waals surface area (Å²) in [5.41, 5.74) is 2.98. The third kappa shape index (κ3) is 2.40. The van der Waals surface area contributed by atoms with Crippen molar-refractivity contribution < 1.29 is 14.3 Å². The Hall–Kier alpha value is -2.62. The van der Waals surface area contributed by atoms with Crippen molar-refractivity contribution in [3.05, 3.63) is 65.2 Å². The van der Waals surface area contributed by atoms with E-state index < -0.39 is 0 Å². The molecule has 0 fully saturated rings. The number of carbonyl (C=O) groups is 2. The number of ether oxygens (including phenoxy) is 1. The number of anilines is 1. The van der Waals surface area contributed by atoms with Gasteiger partial charge in [0.1, 0.15) is 0 Å². The summed E-state index contributed by atoms with van der Waals surface area (Å²) in [7, 11) is 1.36. The third-order valence-corrected chi connectivity index (χ3v) is 3.77. The lowest BCUT2D eigenvalue weighted by molar-refractivity contribution is -0.117. The van der Waals surface area contributed by atoms with Crippen LogP contribution in [0.25, 0.3) is 0 Å². The Kier molecular flexibility index (Phi) is 3.44. The molecule has 3 rings (SSSR count). The van der Waals surface area contributed by atoms with Crippen molar-refractivity contribution in [2.75, 3.05) is 12.4 Å². The SMILES string of the molecule is COC(=O)c1cccc2c1CC(c1ccccc1)C(=O)N2. The van der Waals surface area contributed by atoms with Gasteiger partial charge in [0.25, 0.3) is 0 Å². The Labute approximate surface area is 122 Å². The first-order valence-electron chi connectivity index (χ1n) is 6.76. The minimum Gasteiger partial charge on any atom is -0.465 e. The Morgan fingerprint density at radius 1 is 1.14 bits per heavy atom. The molecular formula is C17H15NO3. The predicted octanol–water partition coefficient (Wildman–Crippen LogP) is 2.75. The molecule has 2 aromatic carbocycles. The maximum atomic E-state index is 12.3. The standard InChI is InChI=1S/C17H15NO3/c1-21-17(20)12-8-5-9-15-14(12)10-13(16(19)18-15)11-6-3-2-4-7-11/h2-9,13H,10H2,1H3,(H,18,19). The monoisotopic (exact) mass is 281 g/mol. The molecular weight excluding hydrogens is 266 g/mol. The summed E-state index contributed by atoms with van der Waals surface area (Å²) in [5.74, 6) is -0.713.